The minimum atomic E-state index is 0.132. The molecule has 4 nitrogen and oxygen atoms in total. The van der Waals surface area contributed by atoms with Gasteiger partial charge in [0, 0.05) is 32.6 Å². The number of amides is 1. The van der Waals surface area contributed by atoms with Gasteiger partial charge in [-0.2, -0.15) is 0 Å². The third kappa shape index (κ3) is 2.55. The van der Waals surface area contributed by atoms with Crippen LogP contribution in [0, 0.1) is 11.8 Å². The van der Waals surface area contributed by atoms with Gasteiger partial charge < -0.3 is 10.4 Å². The Bertz CT molecular complexity index is 506. The normalized spacial score (nSPS) is 27.1. The Morgan fingerprint density at radius 1 is 1.37 bits per heavy atom. The third-order valence-electron chi connectivity index (χ3n) is 4.11. The van der Waals surface area contributed by atoms with Crippen molar-refractivity contribution in [2.24, 2.45) is 11.8 Å². The Morgan fingerprint density at radius 2 is 2.16 bits per heavy atom. The van der Waals surface area contributed by atoms with Gasteiger partial charge in [-0.05, 0) is 23.5 Å². The molecule has 19 heavy (non-hydrogen) atoms. The molecule has 0 spiro atoms. The molecule has 5 heteroatoms. The maximum atomic E-state index is 11.4. The average molecular weight is 281 g/mol. The standard InChI is InChI=1S/C14H17ClN2O2/c15-14-9(2-1-3-12(14)18)6-17-7-10-4-13(19)16-5-11(10)8-17/h1-3,10-11,18H,4-8H2,(H,16,19)/t10-,11+/m1/s1. The van der Waals surface area contributed by atoms with Crippen molar-refractivity contribution in [3.63, 3.8) is 0 Å². The molecule has 1 aromatic rings. The summed E-state index contributed by atoms with van der Waals surface area (Å²) >= 11 is 6.10. The number of hydrogen-bond acceptors (Lipinski definition) is 3. The summed E-state index contributed by atoms with van der Waals surface area (Å²) in [7, 11) is 0. The molecule has 0 unspecified atom stereocenters. The summed E-state index contributed by atoms with van der Waals surface area (Å²) in [6.07, 6.45) is 0.634. The van der Waals surface area contributed by atoms with Crippen LogP contribution in [0.2, 0.25) is 5.02 Å². The number of nitrogens with one attached hydrogen (secondary N) is 1. The summed E-state index contributed by atoms with van der Waals surface area (Å²) in [5, 5.41) is 13.0. The molecule has 102 valence electrons. The number of benzene rings is 1. The first-order chi connectivity index (χ1) is 9.13. The summed E-state index contributed by atoms with van der Waals surface area (Å²) in [4.78, 5) is 13.7. The molecule has 1 amide bonds. The quantitative estimate of drug-likeness (QED) is 0.865. The number of piperidine rings is 1. The molecule has 2 saturated heterocycles. The molecule has 3 rings (SSSR count). The number of fused-ring (bicyclic) bond motifs is 1. The number of halogens is 1. The molecular formula is C14H17ClN2O2. The highest BCUT2D eigenvalue weighted by Crippen LogP contribution is 2.32. The monoisotopic (exact) mass is 280 g/mol. The predicted octanol–water partition coefficient (Wildman–Crippen LogP) is 1.61. The third-order valence-corrected chi connectivity index (χ3v) is 4.55. The van der Waals surface area contributed by atoms with Crippen molar-refractivity contribution in [2.45, 2.75) is 13.0 Å². The van der Waals surface area contributed by atoms with Gasteiger partial charge in [-0.15, -0.1) is 0 Å². The van der Waals surface area contributed by atoms with Crippen molar-refractivity contribution in [3.05, 3.63) is 28.8 Å². The van der Waals surface area contributed by atoms with Crippen molar-refractivity contribution in [2.75, 3.05) is 19.6 Å². The highest BCUT2D eigenvalue weighted by Gasteiger charge is 2.37. The van der Waals surface area contributed by atoms with E-state index in [1.807, 2.05) is 12.1 Å². The molecule has 2 heterocycles. The van der Waals surface area contributed by atoms with Gasteiger partial charge in [0.2, 0.25) is 5.91 Å². The highest BCUT2D eigenvalue weighted by molar-refractivity contribution is 6.32. The van der Waals surface area contributed by atoms with E-state index in [-0.39, 0.29) is 11.7 Å². The minimum Gasteiger partial charge on any atom is -0.506 e. The van der Waals surface area contributed by atoms with Crippen LogP contribution in [-0.2, 0) is 11.3 Å². The van der Waals surface area contributed by atoms with E-state index in [9.17, 15) is 9.90 Å². The van der Waals surface area contributed by atoms with Gasteiger partial charge in [0.25, 0.3) is 0 Å². The second-order valence-electron chi connectivity index (χ2n) is 5.47. The molecule has 2 atom stereocenters. The van der Waals surface area contributed by atoms with Gasteiger partial charge in [0.05, 0.1) is 5.02 Å². The first kappa shape index (κ1) is 12.8. The van der Waals surface area contributed by atoms with Crippen molar-refractivity contribution < 1.29 is 9.90 Å². The maximum absolute atomic E-state index is 11.4. The van der Waals surface area contributed by atoms with Crippen molar-refractivity contribution in [1.82, 2.24) is 10.2 Å². The zero-order chi connectivity index (χ0) is 13.4. The van der Waals surface area contributed by atoms with Crippen LogP contribution in [0.15, 0.2) is 18.2 Å². The summed E-state index contributed by atoms with van der Waals surface area (Å²) in [5.41, 5.74) is 0.944. The predicted molar refractivity (Wildman–Crippen MR) is 73.0 cm³/mol. The molecule has 1 aromatic carbocycles. The number of aromatic hydroxyl groups is 1. The zero-order valence-corrected chi connectivity index (χ0v) is 11.4. The Hall–Kier alpha value is -1.26. The summed E-state index contributed by atoms with van der Waals surface area (Å²) in [6, 6.07) is 5.34. The van der Waals surface area contributed by atoms with Crippen LogP contribution in [0.5, 0.6) is 5.75 Å². The van der Waals surface area contributed by atoms with Gasteiger partial charge in [-0.3, -0.25) is 9.69 Å². The van der Waals surface area contributed by atoms with Crippen LogP contribution < -0.4 is 5.32 Å². The molecule has 0 bridgehead atoms. The Labute approximate surface area is 117 Å². The molecule has 0 aliphatic carbocycles. The van der Waals surface area contributed by atoms with E-state index in [2.05, 4.69) is 10.2 Å². The second kappa shape index (κ2) is 5.02. The summed E-state index contributed by atoms with van der Waals surface area (Å²) < 4.78 is 0. The van der Waals surface area contributed by atoms with E-state index >= 15 is 0 Å². The molecule has 0 saturated carbocycles. The maximum Gasteiger partial charge on any atom is 0.220 e. The fraction of sp³-hybridized carbons (Fsp3) is 0.500. The van der Waals surface area contributed by atoms with Gasteiger partial charge in [0.1, 0.15) is 5.75 Å². The largest absolute Gasteiger partial charge is 0.506 e. The number of phenols is 1. The zero-order valence-electron chi connectivity index (χ0n) is 10.6. The minimum absolute atomic E-state index is 0.132. The number of carbonyl (C=O) groups excluding carboxylic acids is 1. The number of likely N-dealkylation sites (tertiary alicyclic amines) is 1. The van der Waals surface area contributed by atoms with E-state index in [1.165, 1.54) is 0 Å². The summed E-state index contributed by atoms with van der Waals surface area (Å²) in [6.45, 7) is 3.43. The number of carbonyl (C=O) groups is 1. The molecule has 2 aliphatic heterocycles. The Kier molecular flexibility index (Phi) is 3.37. The van der Waals surface area contributed by atoms with Gasteiger partial charge in [0.15, 0.2) is 0 Å². The number of nitrogens with zero attached hydrogens (tertiary/aromatic N) is 1. The number of hydrogen-bond donors (Lipinski definition) is 2. The molecule has 2 N–H and O–H groups in total. The van der Waals surface area contributed by atoms with Crippen molar-refractivity contribution in [3.8, 4) is 5.75 Å². The lowest BCUT2D eigenvalue weighted by atomic mass is 9.89. The van der Waals surface area contributed by atoms with Crippen LogP contribution in [0.4, 0.5) is 0 Å². The van der Waals surface area contributed by atoms with Crippen LogP contribution in [0.25, 0.3) is 0 Å². The summed E-state index contributed by atoms with van der Waals surface area (Å²) in [5.74, 6) is 1.31. The van der Waals surface area contributed by atoms with Crippen LogP contribution in [-0.4, -0.2) is 35.5 Å². The van der Waals surface area contributed by atoms with Crippen molar-refractivity contribution >= 4 is 17.5 Å². The smallest absolute Gasteiger partial charge is 0.220 e. The molecule has 0 aromatic heterocycles. The molecule has 2 aliphatic rings. The van der Waals surface area contributed by atoms with Gasteiger partial charge in [-0.25, -0.2) is 0 Å². The highest BCUT2D eigenvalue weighted by atomic mass is 35.5. The topological polar surface area (TPSA) is 52.6 Å². The first-order valence-electron chi connectivity index (χ1n) is 6.59. The van der Waals surface area contributed by atoms with E-state index in [1.54, 1.807) is 6.07 Å². The average Bonchev–Trinajstić information content (AvgIpc) is 2.76. The van der Waals surface area contributed by atoms with E-state index in [0.717, 1.165) is 31.7 Å². The first-order valence-corrected chi connectivity index (χ1v) is 6.96. The second-order valence-corrected chi connectivity index (χ2v) is 5.85. The molecule has 2 fully saturated rings. The lowest BCUT2D eigenvalue weighted by Crippen LogP contribution is -2.39. The van der Waals surface area contributed by atoms with Crippen LogP contribution in [0.1, 0.15) is 12.0 Å². The molecule has 0 radical (unpaired) electrons. The number of rotatable bonds is 2. The lowest BCUT2D eigenvalue weighted by Gasteiger charge is -2.23. The van der Waals surface area contributed by atoms with Gasteiger partial charge in [-0.1, -0.05) is 23.7 Å². The SMILES string of the molecule is O=C1C[C@@H]2CN(Cc3cccc(O)c3Cl)C[C@@H]2CN1. The number of phenolic OH excluding ortho intramolecular Hbond substituents is 1. The van der Waals surface area contributed by atoms with Gasteiger partial charge >= 0.3 is 0 Å². The van der Waals surface area contributed by atoms with Crippen molar-refractivity contribution in [1.29, 1.82) is 0 Å². The lowest BCUT2D eigenvalue weighted by molar-refractivity contribution is -0.124. The fourth-order valence-corrected chi connectivity index (χ4v) is 3.30. The van der Waals surface area contributed by atoms with Crippen LogP contribution >= 0.6 is 11.6 Å². The molecular weight excluding hydrogens is 264 g/mol. The van der Waals surface area contributed by atoms with Crippen LogP contribution in [0.3, 0.4) is 0 Å². The van der Waals surface area contributed by atoms with E-state index < -0.39 is 0 Å². The Balaban J connectivity index is 1.69. The van der Waals surface area contributed by atoms with E-state index in [4.69, 9.17) is 11.6 Å². The Morgan fingerprint density at radius 3 is 3.00 bits per heavy atom. The fourth-order valence-electron chi connectivity index (χ4n) is 3.11. The van der Waals surface area contributed by atoms with E-state index in [0.29, 0.717) is 23.3 Å².